The van der Waals surface area contributed by atoms with Gasteiger partial charge in [0.15, 0.2) is 0 Å². The zero-order chi connectivity index (χ0) is 29.6. The molecule has 43 heavy (non-hydrogen) atoms. The van der Waals surface area contributed by atoms with Crippen LogP contribution in [0.2, 0.25) is 0 Å². The minimum absolute atomic E-state index is 0.00955. The number of rotatable bonds is 7. The van der Waals surface area contributed by atoms with E-state index in [-0.39, 0.29) is 17.7 Å². The molecule has 220 valence electrons. The number of Topliss-reactive ketones (excluding diaryl/α,β-unsaturated/α-hetero) is 1. The Morgan fingerprint density at radius 1 is 1.02 bits per heavy atom. The van der Waals surface area contributed by atoms with Gasteiger partial charge < -0.3 is 24.8 Å². The van der Waals surface area contributed by atoms with Crippen molar-refractivity contribution in [2.75, 3.05) is 59.8 Å². The Bertz CT molecular complexity index is 1670. The average molecular weight is 579 g/mol. The minimum Gasteiger partial charge on any atom is -0.378 e. The van der Waals surface area contributed by atoms with Crippen LogP contribution in [-0.4, -0.2) is 71.1 Å². The molecule has 3 aromatic heterocycles. The van der Waals surface area contributed by atoms with E-state index < -0.39 is 0 Å². The fraction of sp³-hybridized carbons (Fsp3) is 0.344. The number of carbonyl (C=O) groups excluding carboxylic acids is 2. The van der Waals surface area contributed by atoms with Crippen molar-refractivity contribution in [2.45, 2.75) is 26.2 Å². The van der Waals surface area contributed by atoms with E-state index in [0.29, 0.717) is 31.1 Å². The highest BCUT2D eigenvalue weighted by molar-refractivity contribution is 5.99. The Morgan fingerprint density at radius 3 is 2.67 bits per heavy atom. The summed E-state index contributed by atoms with van der Waals surface area (Å²) in [6.07, 6.45) is 5.75. The number of hydrogen-bond donors (Lipinski definition) is 3. The molecule has 2 aliphatic heterocycles. The first-order chi connectivity index (χ1) is 21.1. The second-order valence-electron chi connectivity index (χ2n) is 10.8. The highest BCUT2D eigenvalue weighted by Gasteiger charge is 2.23. The summed E-state index contributed by atoms with van der Waals surface area (Å²) in [4.78, 5) is 45.9. The molecule has 0 aliphatic carbocycles. The summed E-state index contributed by atoms with van der Waals surface area (Å²) in [6, 6.07) is 13.1. The number of benzene rings is 1. The Kier molecular flexibility index (Phi) is 8.47. The number of hydrogen-bond acceptors (Lipinski definition) is 8. The maximum absolute atomic E-state index is 12.8. The van der Waals surface area contributed by atoms with E-state index in [1.54, 1.807) is 19.4 Å². The number of pyridine rings is 1. The number of ketones is 1. The van der Waals surface area contributed by atoms with Gasteiger partial charge in [-0.25, -0.2) is 19.7 Å². The fourth-order valence-corrected chi connectivity index (χ4v) is 5.72. The van der Waals surface area contributed by atoms with Crippen molar-refractivity contribution in [3.8, 4) is 23.1 Å². The molecule has 0 radical (unpaired) electrons. The maximum atomic E-state index is 12.8. The van der Waals surface area contributed by atoms with Crippen LogP contribution < -0.4 is 20.4 Å². The zero-order valence-electron chi connectivity index (χ0n) is 24.1. The first-order valence-corrected chi connectivity index (χ1v) is 14.6. The van der Waals surface area contributed by atoms with Gasteiger partial charge in [0.25, 0.3) is 0 Å². The first kappa shape index (κ1) is 28.2. The molecule has 11 nitrogen and oxygen atoms in total. The molecule has 0 saturated carbocycles. The molecule has 11 heteroatoms. The summed E-state index contributed by atoms with van der Waals surface area (Å²) in [6.45, 7) is 6.31. The largest absolute Gasteiger partial charge is 0.378 e. The van der Waals surface area contributed by atoms with Crippen LogP contribution in [0.3, 0.4) is 0 Å². The summed E-state index contributed by atoms with van der Waals surface area (Å²) in [5.74, 6) is 6.95. The quantitative estimate of drug-likeness (QED) is 0.213. The summed E-state index contributed by atoms with van der Waals surface area (Å²) in [5, 5.41) is 6.69. The van der Waals surface area contributed by atoms with Crippen molar-refractivity contribution in [3.05, 3.63) is 55.0 Å². The number of aromatic amines is 1. The van der Waals surface area contributed by atoms with Crippen molar-refractivity contribution >= 4 is 45.9 Å². The maximum Gasteiger partial charge on any atom is 0.324 e. The molecule has 2 aliphatic rings. The monoisotopic (exact) mass is 578 g/mol. The fourth-order valence-electron chi connectivity index (χ4n) is 5.72. The first-order valence-electron chi connectivity index (χ1n) is 14.6. The number of anilines is 4. The number of H-pyrrole nitrogens is 1. The molecule has 0 spiro atoms. The highest BCUT2D eigenvalue weighted by atomic mass is 16.5. The molecule has 5 heterocycles. The van der Waals surface area contributed by atoms with Crippen molar-refractivity contribution in [2.24, 2.45) is 5.92 Å². The molecule has 6 rings (SSSR count). The molecule has 1 atom stereocenters. The molecule has 2 saturated heterocycles. The van der Waals surface area contributed by atoms with Crippen LogP contribution in [0.15, 0.2) is 55.0 Å². The molecular weight excluding hydrogens is 544 g/mol. The van der Waals surface area contributed by atoms with Gasteiger partial charge in [-0.3, -0.25) is 10.1 Å². The van der Waals surface area contributed by atoms with Gasteiger partial charge in [0.2, 0.25) is 5.78 Å². The van der Waals surface area contributed by atoms with E-state index in [0.717, 1.165) is 72.8 Å². The third kappa shape index (κ3) is 6.76. The van der Waals surface area contributed by atoms with E-state index >= 15 is 0 Å². The van der Waals surface area contributed by atoms with Crippen LogP contribution in [0, 0.1) is 17.8 Å². The second kappa shape index (κ2) is 12.9. The molecule has 2 amide bonds. The summed E-state index contributed by atoms with van der Waals surface area (Å²) >= 11 is 0. The number of carbonyl (C=O) groups is 2. The van der Waals surface area contributed by atoms with E-state index in [2.05, 4.69) is 58.3 Å². The molecule has 0 bridgehead atoms. The topological polar surface area (TPSA) is 128 Å². The van der Waals surface area contributed by atoms with Gasteiger partial charge in [0.1, 0.15) is 23.6 Å². The number of fused-ring (bicyclic) bond motifs is 1. The van der Waals surface area contributed by atoms with Crippen LogP contribution in [0.25, 0.3) is 22.3 Å². The predicted octanol–water partition coefficient (Wildman–Crippen LogP) is 4.70. The highest BCUT2D eigenvalue weighted by Crippen LogP contribution is 2.30. The summed E-state index contributed by atoms with van der Waals surface area (Å²) in [5.41, 5.74) is 4.29. The van der Waals surface area contributed by atoms with E-state index in [1.165, 1.54) is 0 Å². The molecular formula is C32H34N8O3. The Labute approximate surface area is 250 Å². The van der Waals surface area contributed by atoms with Crippen molar-refractivity contribution < 1.29 is 14.3 Å². The number of piperidine rings is 1. The number of nitrogens with zero attached hydrogens (tertiary/aromatic N) is 5. The number of morpholine rings is 1. The number of nitrogens with one attached hydrogen (secondary N) is 3. The van der Waals surface area contributed by atoms with Gasteiger partial charge >= 0.3 is 6.03 Å². The van der Waals surface area contributed by atoms with Gasteiger partial charge in [0, 0.05) is 61.9 Å². The third-order valence-corrected chi connectivity index (χ3v) is 7.78. The van der Waals surface area contributed by atoms with Gasteiger partial charge in [0.05, 0.1) is 18.6 Å². The normalized spacial score (nSPS) is 16.8. The van der Waals surface area contributed by atoms with Gasteiger partial charge in [-0.1, -0.05) is 18.1 Å². The number of amides is 2. The van der Waals surface area contributed by atoms with Crippen molar-refractivity contribution in [3.63, 3.8) is 0 Å². The van der Waals surface area contributed by atoms with Gasteiger partial charge in [-0.05, 0) is 61.4 Å². The van der Waals surface area contributed by atoms with Crippen molar-refractivity contribution in [1.82, 2.24) is 19.9 Å². The molecule has 3 N–H and O–H groups in total. The van der Waals surface area contributed by atoms with Crippen molar-refractivity contribution in [1.29, 1.82) is 0 Å². The smallest absolute Gasteiger partial charge is 0.324 e. The number of ether oxygens (including phenoxy) is 1. The number of aromatic nitrogens is 4. The Morgan fingerprint density at radius 2 is 1.86 bits per heavy atom. The van der Waals surface area contributed by atoms with Gasteiger partial charge in [-0.2, -0.15) is 0 Å². The zero-order valence-corrected chi connectivity index (χ0v) is 24.1. The SMILES string of the molecule is CC#CC(=O)C[C@@H]1CCCN(c2ccnc(NC(=O)Nc3ccc(-c4cc5c(N6CCOCC6)ncnc5[nH]4)cc3)c2)C1. The lowest BCUT2D eigenvalue weighted by molar-refractivity contribution is -0.114. The minimum atomic E-state index is -0.381. The van der Waals surface area contributed by atoms with Crippen LogP contribution >= 0.6 is 0 Å². The second-order valence-corrected chi connectivity index (χ2v) is 10.8. The van der Waals surface area contributed by atoms with E-state index in [9.17, 15) is 9.59 Å². The summed E-state index contributed by atoms with van der Waals surface area (Å²) in [7, 11) is 0. The van der Waals surface area contributed by atoms with E-state index in [4.69, 9.17) is 4.74 Å². The van der Waals surface area contributed by atoms with Gasteiger partial charge in [-0.15, -0.1) is 0 Å². The lowest BCUT2D eigenvalue weighted by Gasteiger charge is -2.34. The Hall–Kier alpha value is -4.95. The Balaban J connectivity index is 1.08. The van der Waals surface area contributed by atoms with E-state index in [1.807, 2.05) is 36.4 Å². The van der Waals surface area contributed by atoms with Crippen LogP contribution in [0.5, 0.6) is 0 Å². The molecule has 1 aromatic carbocycles. The van der Waals surface area contributed by atoms with Crippen LogP contribution in [-0.2, 0) is 9.53 Å². The molecule has 4 aromatic rings. The lowest BCUT2D eigenvalue weighted by atomic mass is 9.92. The lowest BCUT2D eigenvalue weighted by Crippen LogP contribution is -2.36. The van der Waals surface area contributed by atoms with Crippen LogP contribution in [0.4, 0.5) is 27.8 Å². The third-order valence-electron chi connectivity index (χ3n) is 7.78. The molecule has 0 unspecified atom stereocenters. The van der Waals surface area contributed by atoms with Crippen LogP contribution in [0.1, 0.15) is 26.2 Å². The predicted molar refractivity (Wildman–Crippen MR) is 167 cm³/mol. The molecule has 2 fully saturated rings. The number of urea groups is 1. The average Bonchev–Trinajstić information content (AvgIpc) is 3.47. The summed E-state index contributed by atoms with van der Waals surface area (Å²) < 4.78 is 5.48. The standard InChI is InChI=1S/C32H34N8O3/c1-2-4-26(41)17-22-5-3-12-40(20-22)25-10-11-33-29(18-25)38-32(42)36-24-8-6-23(7-9-24)28-19-27-30(37-28)34-21-35-31(27)39-13-15-43-16-14-39/h6-11,18-19,21-22H,3,5,12-17,20H2,1H3,(H,34,35,37)(H2,33,36,38,42)/t22-/m0/s1.